The fourth-order valence-electron chi connectivity index (χ4n) is 2.10. The molecule has 1 fully saturated rings. The van der Waals surface area contributed by atoms with E-state index in [-0.39, 0.29) is 0 Å². The summed E-state index contributed by atoms with van der Waals surface area (Å²) in [6.07, 6.45) is 3.54. The molecule has 2 aromatic rings. The zero-order valence-corrected chi connectivity index (χ0v) is 13.5. The number of aromatic nitrogens is 3. The van der Waals surface area contributed by atoms with Crippen molar-refractivity contribution in [3.63, 3.8) is 0 Å². The summed E-state index contributed by atoms with van der Waals surface area (Å²) in [5, 5.41) is 10.2. The molecule has 0 aliphatic heterocycles. The van der Waals surface area contributed by atoms with Crippen molar-refractivity contribution < 1.29 is 4.74 Å². The zero-order valence-electron chi connectivity index (χ0n) is 12.0. The van der Waals surface area contributed by atoms with Crippen molar-refractivity contribution in [2.75, 3.05) is 5.75 Å². The van der Waals surface area contributed by atoms with Crippen molar-refractivity contribution >= 4 is 23.4 Å². The van der Waals surface area contributed by atoms with Gasteiger partial charge in [0.15, 0.2) is 11.0 Å². The van der Waals surface area contributed by atoms with E-state index < -0.39 is 0 Å². The number of nitrogens with zero attached hydrogens (tertiary/aromatic N) is 3. The van der Waals surface area contributed by atoms with Crippen molar-refractivity contribution in [1.82, 2.24) is 14.8 Å². The normalized spacial score (nSPS) is 14.4. The van der Waals surface area contributed by atoms with Gasteiger partial charge in [-0.1, -0.05) is 42.4 Å². The standard InChI is InChI=1S/C15H18ClN3OS/c1-2-9-21-15-18-17-14(19(15)11-7-8-11)10-20-13-6-4-3-5-12(13)16/h3-6,11H,2,7-10H2,1H3. The second-order valence-corrected chi connectivity index (χ2v) is 6.54. The van der Waals surface area contributed by atoms with Crippen LogP contribution in [0.4, 0.5) is 0 Å². The highest BCUT2D eigenvalue weighted by Gasteiger charge is 2.29. The molecular weight excluding hydrogens is 306 g/mol. The molecule has 1 aromatic carbocycles. The Morgan fingerprint density at radius 1 is 1.33 bits per heavy atom. The topological polar surface area (TPSA) is 39.9 Å². The first-order valence-corrected chi connectivity index (χ1v) is 8.60. The molecule has 0 N–H and O–H groups in total. The van der Waals surface area contributed by atoms with E-state index in [1.807, 2.05) is 24.3 Å². The lowest BCUT2D eigenvalue weighted by Gasteiger charge is -2.10. The van der Waals surface area contributed by atoms with Gasteiger partial charge >= 0.3 is 0 Å². The summed E-state index contributed by atoms with van der Waals surface area (Å²) in [7, 11) is 0. The summed E-state index contributed by atoms with van der Waals surface area (Å²) >= 11 is 7.88. The van der Waals surface area contributed by atoms with Gasteiger partial charge in [0.05, 0.1) is 5.02 Å². The fourth-order valence-corrected chi connectivity index (χ4v) is 3.17. The smallest absolute Gasteiger partial charge is 0.191 e. The average Bonchev–Trinajstić information content (AvgIpc) is 3.25. The molecule has 1 aliphatic carbocycles. The van der Waals surface area contributed by atoms with Crippen LogP contribution in [0.1, 0.15) is 38.1 Å². The molecule has 112 valence electrons. The number of ether oxygens (including phenoxy) is 1. The molecule has 1 heterocycles. The largest absolute Gasteiger partial charge is 0.484 e. The molecule has 0 radical (unpaired) electrons. The lowest BCUT2D eigenvalue weighted by Crippen LogP contribution is -2.07. The Labute approximate surface area is 133 Å². The summed E-state index contributed by atoms with van der Waals surface area (Å²) in [6, 6.07) is 8.04. The maximum absolute atomic E-state index is 6.11. The second kappa shape index (κ2) is 6.71. The molecular formula is C15H18ClN3OS. The van der Waals surface area contributed by atoms with E-state index in [1.54, 1.807) is 11.8 Å². The quantitative estimate of drug-likeness (QED) is 0.710. The van der Waals surface area contributed by atoms with Gasteiger partial charge in [0, 0.05) is 11.8 Å². The molecule has 0 spiro atoms. The highest BCUT2D eigenvalue weighted by molar-refractivity contribution is 7.99. The van der Waals surface area contributed by atoms with Gasteiger partial charge in [-0.3, -0.25) is 0 Å². The van der Waals surface area contributed by atoms with Crippen molar-refractivity contribution in [2.45, 2.75) is 44.0 Å². The van der Waals surface area contributed by atoms with Crippen LogP contribution >= 0.6 is 23.4 Å². The Hall–Kier alpha value is -1.20. The summed E-state index contributed by atoms with van der Waals surface area (Å²) in [5.74, 6) is 2.64. The molecule has 0 amide bonds. The molecule has 1 aromatic heterocycles. The molecule has 6 heteroatoms. The van der Waals surface area contributed by atoms with Crippen LogP contribution in [0.5, 0.6) is 5.75 Å². The van der Waals surface area contributed by atoms with Gasteiger partial charge in [0.1, 0.15) is 12.4 Å². The van der Waals surface area contributed by atoms with E-state index in [0.29, 0.717) is 23.4 Å². The monoisotopic (exact) mass is 323 g/mol. The van der Waals surface area contributed by atoms with Gasteiger partial charge in [-0.15, -0.1) is 10.2 Å². The van der Waals surface area contributed by atoms with E-state index in [1.165, 1.54) is 12.8 Å². The average molecular weight is 324 g/mol. The van der Waals surface area contributed by atoms with Crippen LogP contribution in [-0.2, 0) is 6.61 Å². The van der Waals surface area contributed by atoms with E-state index in [0.717, 1.165) is 23.2 Å². The number of para-hydroxylation sites is 1. The maximum Gasteiger partial charge on any atom is 0.191 e. The maximum atomic E-state index is 6.11. The van der Waals surface area contributed by atoms with Crippen LogP contribution in [0.15, 0.2) is 29.4 Å². The molecule has 1 aliphatic rings. The lowest BCUT2D eigenvalue weighted by atomic mass is 10.3. The minimum Gasteiger partial charge on any atom is -0.484 e. The highest BCUT2D eigenvalue weighted by Crippen LogP contribution is 2.39. The van der Waals surface area contributed by atoms with Gasteiger partial charge in [0.25, 0.3) is 0 Å². The lowest BCUT2D eigenvalue weighted by molar-refractivity contribution is 0.288. The number of hydrogen-bond donors (Lipinski definition) is 0. The Morgan fingerprint density at radius 2 is 2.14 bits per heavy atom. The number of thioether (sulfide) groups is 1. The van der Waals surface area contributed by atoms with Crippen LogP contribution in [0.25, 0.3) is 0 Å². The first-order chi connectivity index (χ1) is 10.3. The SMILES string of the molecule is CCCSc1nnc(COc2ccccc2Cl)n1C1CC1. The predicted molar refractivity (Wildman–Crippen MR) is 85.1 cm³/mol. The van der Waals surface area contributed by atoms with Gasteiger partial charge < -0.3 is 9.30 Å². The third kappa shape index (κ3) is 3.52. The van der Waals surface area contributed by atoms with Gasteiger partial charge in [0.2, 0.25) is 0 Å². The Kier molecular flexibility index (Phi) is 4.70. The molecule has 0 atom stereocenters. The van der Waals surface area contributed by atoms with Gasteiger partial charge in [-0.05, 0) is 31.4 Å². The van der Waals surface area contributed by atoms with Crippen LogP contribution in [0.3, 0.4) is 0 Å². The Morgan fingerprint density at radius 3 is 2.86 bits per heavy atom. The van der Waals surface area contributed by atoms with E-state index >= 15 is 0 Å². The highest BCUT2D eigenvalue weighted by atomic mass is 35.5. The van der Waals surface area contributed by atoms with Crippen LogP contribution < -0.4 is 4.74 Å². The van der Waals surface area contributed by atoms with E-state index in [2.05, 4.69) is 21.7 Å². The summed E-state index contributed by atoms with van der Waals surface area (Å²) in [6.45, 7) is 2.58. The molecule has 0 saturated heterocycles. The third-order valence-corrected chi connectivity index (χ3v) is 4.74. The minimum atomic E-state index is 0.403. The van der Waals surface area contributed by atoms with Gasteiger partial charge in [-0.25, -0.2) is 0 Å². The van der Waals surface area contributed by atoms with Crippen molar-refractivity contribution in [3.8, 4) is 5.75 Å². The Bertz CT molecular complexity index is 613. The van der Waals surface area contributed by atoms with Crippen LogP contribution in [-0.4, -0.2) is 20.5 Å². The summed E-state index contributed by atoms with van der Waals surface area (Å²) < 4.78 is 8.03. The number of halogens is 1. The molecule has 0 bridgehead atoms. The number of benzene rings is 1. The zero-order chi connectivity index (χ0) is 14.7. The third-order valence-electron chi connectivity index (χ3n) is 3.28. The molecule has 3 rings (SSSR count). The fraction of sp³-hybridized carbons (Fsp3) is 0.467. The van der Waals surface area contributed by atoms with Crippen molar-refractivity contribution in [3.05, 3.63) is 35.1 Å². The van der Waals surface area contributed by atoms with Crippen molar-refractivity contribution in [2.24, 2.45) is 0 Å². The molecule has 1 saturated carbocycles. The second-order valence-electron chi connectivity index (χ2n) is 5.07. The first-order valence-electron chi connectivity index (χ1n) is 7.23. The molecule has 21 heavy (non-hydrogen) atoms. The van der Waals surface area contributed by atoms with Crippen molar-refractivity contribution in [1.29, 1.82) is 0 Å². The minimum absolute atomic E-state index is 0.403. The molecule has 0 unspecified atom stereocenters. The number of hydrogen-bond acceptors (Lipinski definition) is 4. The molecule has 4 nitrogen and oxygen atoms in total. The number of rotatable bonds is 7. The summed E-state index contributed by atoms with van der Waals surface area (Å²) in [5.41, 5.74) is 0. The Balaban J connectivity index is 1.73. The van der Waals surface area contributed by atoms with Crippen LogP contribution in [0.2, 0.25) is 5.02 Å². The van der Waals surface area contributed by atoms with E-state index in [4.69, 9.17) is 16.3 Å². The summed E-state index contributed by atoms with van der Waals surface area (Å²) in [4.78, 5) is 0. The van der Waals surface area contributed by atoms with E-state index in [9.17, 15) is 0 Å². The van der Waals surface area contributed by atoms with Gasteiger partial charge in [-0.2, -0.15) is 0 Å². The van der Waals surface area contributed by atoms with Crippen LogP contribution in [0, 0.1) is 0 Å². The predicted octanol–water partition coefficient (Wildman–Crippen LogP) is 4.35. The first kappa shape index (κ1) is 14.7.